The summed E-state index contributed by atoms with van der Waals surface area (Å²) >= 11 is 5.88. The first-order chi connectivity index (χ1) is 20.1. The number of carboxylic acids is 1. The third-order valence-electron chi connectivity index (χ3n) is 8.64. The largest absolute Gasteiger partial charge is 0.481 e. The molecule has 3 aromatic rings. The first-order valence-corrected chi connectivity index (χ1v) is 14.8. The molecule has 1 aliphatic carbocycles. The minimum absolute atomic E-state index is 0.0000752. The molecular weight excluding hydrogens is 577 g/mol. The molecule has 3 heterocycles. The van der Waals surface area contributed by atoms with E-state index in [4.69, 9.17) is 16.0 Å². The molecular formula is C32H35ClFN3O6. The van der Waals surface area contributed by atoms with E-state index in [2.05, 4.69) is 4.98 Å². The van der Waals surface area contributed by atoms with Crippen LogP contribution >= 0.6 is 11.6 Å². The van der Waals surface area contributed by atoms with Crippen molar-refractivity contribution in [1.82, 2.24) is 14.8 Å². The second kappa shape index (κ2) is 11.0. The lowest BCUT2D eigenvalue weighted by molar-refractivity contribution is -0.159. The van der Waals surface area contributed by atoms with Gasteiger partial charge in [0.1, 0.15) is 16.9 Å². The molecule has 1 aliphatic heterocycles. The highest BCUT2D eigenvalue weighted by Crippen LogP contribution is 2.37. The van der Waals surface area contributed by atoms with Gasteiger partial charge in [0.05, 0.1) is 16.6 Å². The van der Waals surface area contributed by atoms with Crippen LogP contribution in [0.2, 0.25) is 5.02 Å². The number of piperazine rings is 1. The van der Waals surface area contributed by atoms with Gasteiger partial charge in [-0.3, -0.25) is 24.1 Å². The van der Waals surface area contributed by atoms with Gasteiger partial charge in [0, 0.05) is 36.2 Å². The molecule has 0 spiro atoms. The fourth-order valence-electron chi connectivity index (χ4n) is 6.02. The number of aromatic nitrogens is 1. The predicted octanol–water partition coefficient (Wildman–Crippen LogP) is 6.07. The molecule has 2 fully saturated rings. The average Bonchev–Trinajstić information content (AvgIpc) is 3.38. The highest BCUT2D eigenvalue weighted by molar-refractivity contribution is 6.30. The Kier molecular flexibility index (Phi) is 7.88. The van der Waals surface area contributed by atoms with Crippen molar-refractivity contribution in [2.75, 3.05) is 13.1 Å². The first kappa shape index (κ1) is 30.7. The first-order valence-electron chi connectivity index (χ1n) is 14.4. The van der Waals surface area contributed by atoms with Gasteiger partial charge in [-0.25, -0.2) is 9.37 Å². The zero-order valence-corrected chi connectivity index (χ0v) is 25.6. The number of rotatable bonds is 4. The summed E-state index contributed by atoms with van der Waals surface area (Å²) in [5, 5.41) is 9.27. The minimum atomic E-state index is -1.34. The lowest BCUT2D eigenvalue weighted by Crippen LogP contribution is -2.66. The van der Waals surface area contributed by atoms with Gasteiger partial charge in [0.15, 0.2) is 11.3 Å². The maximum absolute atomic E-state index is 14.3. The number of hydrogen-bond donors (Lipinski definition) is 1. The molecule has 2 aliphatic rings. The van der Waals surface area contributed by atoms with Gasteiger partial charge in [0.2, 0.25) is 5.91 Å². The topological polar surface area (TPSA) is 121 Å². The highest BCUT2D eigenvalue weighted by atomic mass is 35.5. The molecule has 9 nitrogen and oxygen atoms in total. The summed E-state index contributed by atoms with van der Waals surface area (Å²) in [6, 6.07) is 7.78. The van der Waals surface area contributed by atoms with Crippen LogP contribution in [-0.2, 0) is 19.8 Å². The van der Waals surface area contributed by atoms with Gasteiger partial charge in [-0.15, -0.1) is 0 Å². The van der Waals surface area contributed by atoms with Crippen molar-refractivity contribution in [3.63, 3.8) is 0 Å². The van der Waals surface area contributed by atoms with E-state index in [-0.39, 0.29) is 29.8 Å². The molecule has 1 saturated heterocycles. The Morgan fingerprint density at radius 2 is 1.70 bits per heavy atom. The molecule has 0 atom stereocenters. The molecule has 43 heavy (non-hydrogen) atoms. The van der Waals surface area contributed by atoms with E-state index >= 15 is 0 Å². The second-order valence-electron chi connectivity index (χ2n) is 13.0. The predicted molar refractivity (Wildman–Crippen MR) is 158 cm³/mol. The number of pyridine rings is 1. The van der Waals surface area contributed by atoms with Gasteiger partial charge < -0.3 is 14.4 Å². The Morgan fingerprint density at radius 3 is 2.30 bits per heavy atom. The number of hydrogen-bond acceptors (Lipinski definition) is 6. The zero-order valence-electron chi connectivity index (χ0n) is 24.9. The van der Waals surface area contributed by atoms with Crippen molar-refractivity contribution in [2.24, 2.45) is 11.8 Å². The number of aliphatic carboxylic acids is 1. The van der Waals surface area contributed by atoms with E-state index in [0.29, 0.717) is 48.0 Å². The van der Waals surface area contributed by atoms with E-state index in [1.54, 1.807) is 19.9 Å². The highest BCUT2D eigenvalue weighted by Gasteiger charge is 2.48. The number of nitrogens with zero attached hydrogens (tertiary/aromatic N) is 3. The standard InChI is InChI=1S/C32H35ClFN3O6/c1-31(2,3)20-15-23(19-10-11-21(33)22(34)14-19)35-24-16-25(43-26(20)24)28(39)37-13-12-36(30(42)32(37,4)5)27(38)17-6-8-18(9-7-17)29(40)41/h10-11,14-18H,6-9,12-13H2,1-5H3,(H,40,41). The third-order valence-corrected chi connectivity index (χ3v) is 8.95. The van der Waals surface area contributed by atoms with Crippen molar-refractivity contribution in [3.05, 3.63) is 52.5 Å². The molecule has 11 heteroatoms. The fourth-order valence-corrected chi connectivity index (χ4v) is 6.14. The number of furan rings is 1. The van der Waals surface area contributed by atoms with Crippen LogP contribution in [0.25, 0.3) is 22.4 Å². The molecule has 0 radical (unpaired) electrons. The van der Waals surface area contributed by atoms with Crippen molar-refractivity contribution in [3.8, 4) is 11.3 Å². The van der Waals surface area contributed by atoms with Crippen LogP contribution in [0, 0.1) is 17.7 Å². The van der Waals surface area contributed by atoms with Gasteiger partial charge in [-0.05, 0) is 63.1 Å². The maximum atomic E-state index is 14.3. The Hall–Kier alpha value is -3.79. The van der Waals surface area contributed by atoms with Gasteiger partial charge >= 0.3 is 5.97 Å². The molecule has 2 aromatic heterocycles. The van der Waals surface area contributed by atoms with Crippen molar-refractivity contribution >= 4 is 46.4 Å². The van der Waals surface area contributed by atoms with E-state index < -0.39 is 46.4 Å². The number of carboxylic acid groups (broad SMARTS) is 1. The Bertz CT molecular complexity index is 1630. The van der Waals surface area contributed by atoms with E-state index in [1.807, 2.05) is 26.8 Å². The number of halogens is 2. The van der Waals surface area contributed by atoms with E-state index in [9.17, 15) is 28.7 Å². The number of carbonyl (C=O) groups excluding carboxylic acids is 3. The number of carbonyl (C=O) groups is 4. The normalized spacial score (nSPS) is 20.9. The molecule has 3 amide bonds. The lowest BCUT2D eigenvalue weighted by Gasteiger charge is -2.45. The summed E-state index contributed by atoms with van der Waals surface area (Å²) < 4.78 is 20.4. The van der Waals surface area contributed by atoms with Gasteiger partial charge in [0.25, 0.3) is 11.8 Å². The van der Waals surface area contributed by atoms with Crippen LogP contribution in [0.3, 0.4) is 0 Å². The number of benzene rings is 1. The maximum Gasteiger partial charge on any atom is 0.306 e. The van der Waals surface area contributed by atoms with Crippen molar-refractivity contribution in [2.45, 2.75) is 71.3 Å². The molecule has 0 bridgehead atoms. The quantitative estimate of drug-likeness (QED) is 0.356. The summed E-state index contributed by atoms with van der Waals surface area (Å²) in [6.07, 6.45) is 1.62. The van der Waals surface area contributed by atoms with E-state index in [1.165, 1.54) is 28.0 Å². The molecule has 1 saturated carbocycles. The summed E-state index contributed by atoms with van der Waals surface area (Å²) in [4.78, 5) is 59.3. The third kappa shape index (κ3) is 5.64. The van der Waals surface area contributed by atoms with Crippen LogP contribution in [-0.4, -0.2) is 62.2 Å². The molecule has 0 unspecified atom stereocenters. The number of amides is 3. The average molecular weight is 612 g/mol. The Balaban J connectivity index is 1.42. The zero-order chi connectivity index (χ0) is 31.4. The molecule has 5 rings (SSSR count). The van der Waals surface area contributed by atoms with Crippen molar-refractivity contribution in [1.29, 1.82) is 0 Å². The van der Waals surface area contributed by atoms with Crippen LogP contribution in [0.1, 0.15) is 76.4 Å². The van der Waals surface area contributed by atoms with Crippen molar-refractivity contribution < 1.29 is 33.1 Å². The lowest BCUT2D eigenvalue weighted by atomic mass is 9.81. The van der Waals surface area contributed by atoms with Crippen LogP contribution in [0.5, 0.6) is 0 Å². The van der Waals surface area contributed by atoms with Gasteiger partial charge in [-0.1, -0.05) is 38.4 Å². The summed E-state index contributed by atoms with van der Waals surface area (Å²) in [6.45, 7) is 9.31. The monoisotopic (exact) mass is 611 g/mol. The minimum Gasteiger partial charge on any atom is -0.481 e. The Morgan fingerprint density at radius 1 is 1.05 bits per heavy atom. The van der Waals surface area contributed by atoms with Crippen LogP contribution < -0.4 is 0 Å². The van der Waals surface area contributed by atoms with Gasteiger partial charge in [-0.2, -0.15) is 0 Å². The molecule has 228 valence electrons. The number of imide groups is 1. The number of fused-ring (bicyclic) bond motifs is 1. The smallest absolute Gasteiger partial charge is 0.306 e. The summed E-state index contributed by atoms with van der Waals surface area (Å²) in [7, 11) is 0. The molecule has 1 N–H and O–H groups in total. The summed E-state index contributed by atoms with van der Waals surface area (Å²) in [5.41, 5.74) is 0.865. The van der Waals surface area contributed by atoms with Crippen LogP contribution in [0.15, 0.2) is 34.7 Å². The Labute approximate surface area is 254 Å². The summed E-state index contributed by atoms with van der Waals surface area (Å²) in [5.74, 6) is -3.63. The second-order valence-corrected chi connectivity index (χ2v) is 13.4. The van der Waals surface area contributed by atoms with Crippen LogP contribution in [0.4, 0.5) is 4.39 Å². The molecule has 1 aromatic carbocycles. The van der Waals surface area contributed by atoms with E-state index in [0.717, 1.165) is 5.56 Å². The fraction of sp³-hybridized carbons (Fsp3) is 0.469. The SMILES string of the molecule is CC(C)(C)c1cc(-c2ccc(Cl)c(F)c2)nc2cc(C(=O)N3CCN(C(=O)C4CCC(C(=O)O)CC4)C(=O)C3(C)C)oc12.